The number of hydrogen-bond acceptors (Lipinski definition) is 0. The summed E-state index contributed by atoms with van der Waals surface area (Å²) in [5, 5.41) is 4.97. The average molecular weight is 1470 g/mol. The van der Waals surface area contributed by atoms with Crippen LogP contribution in [0.3, 0.4) is 0 Å². The summed E-state index contributed by atoms with van der Waals surface area (Å²) in [6.45, 7) is 20.3. The Balaban J connectivity index is 2.10. The smallest absolute Gasteiger partial charge is 0.113 e. The molecule has 0 aliphatic rings. The lowest BCUT2D eigenvalue weighted by molar-refractivity contribution is 1.24. The van der Waals surface area contributed by atoms with Gasteiger partial charge in [-0.1, -0.05) is 81.1 Å². The number of terminal acetylenes is 5. The molecule has 0 spiro atoms. The van der Waals surface area contributed by atoms with E-state index in [1.807, 2.05) is 27.7 Å². The van der Waals surface area contributed by atoms with Crippen molar-refractivity contribution < 1.29 is 0 Å². The summed E-state index contributed by atoms with van der Waals surface area (Å²) in [6.07, 6.45) is 22.1. The molecule has 0 aromatic heterocycles. The molecule has 8 aromatic carbocycles. The van der Waals surface area contributed by atoms with Gasteiger partial charge in [-0.25, -0.2) is 0 Å². The van der Waals surface area contributed by atoms with Crippen LogP contribution >= 0.6 is 0 Å². The molecule has 8 rings (SSSR count). The molecule has 0 amide bonds. The Morgan fingerprint density at radius 3 is 1.11 bits per heavy atom. The second-order valence-electron chi connectivity index (χ2n) is 28.2. The molecule has 0 N–H and O–H groups in total. The van der Waals surface area contributed by atoms with E-state index in [0.29, 0.717) is 87.8 Å². The Morgan fingerprint density at radius 1 is 0.262 bits per heavy atom. The molecule has 0 heterocycles. The van der Waals surface area contributed by atoms with Crippen LogP contribution in [-0.4, -0.2) is 209 Å². The highest BCUT2D eigenvalue weighted by atomic mass is 14.4. The van der Waals surface area contributed by atoms with E-state index in [4.69, 9.17) is 156 Å². The molecule has 8 aromatic rings. The van der Waals surface area contributed by atoms with Gasteiger partial charge >= 0.3 is 0 Å². The molecule has 0 fully saturated rings. The van der Waals surface area contributed by atoms with Gasteiger partial charge in [-0.15, -0.1) is 49.0 Å². The molecule has 122 heavy (non-hydrogen) atoms. The van der Waals surface area contributed by atoms with Crippen molar-refractivity contribution in [1.82, 2.24) is 0 Å². The number of benzene rings is 8. The number of hydrogen-bond donors (Lipinski definition) is 0. The molecule has 0 atom stereocenters. The Morgan fingerprint density at radius 2 is 0.664 bits per heavy atom. The van der Waals surface area contributed by atoms with E-state index >= 15 is 0 Å². The molecule has 29 heteroatoms. The maximum Gasteiger partial charge on any atom is 0.113 e. The Labute approximate surface area is 753 Å². The highest BCUT2D eigenvalue weighted by Crippen LogP contribution is 2.55. The van der Waals surface area contributed by atoms with Gasteiger partial charge in [0.1, 0.15) is 7.85 Å². The normalized spacial score (nSPS) is 9.11. The van der Waals surface area contributed by atoms with Gasteiger partial charge in [0, 0.05) is 207 Å². The van der Waals surface area contributed by atoms with E-state index in [0.717, 1.165) is 55.3 Å². The Hall–Kier alpha value is -12.3. The van der Waals surface area contributed by atoms with E-state index < -0.39 is 64.3 Å². The minimum atomic E-state index is -1.36. The Bertz CT molecular complexity index is 7300. The zero-order chi connectivity index (χ0) is 90.0. The van der Waals surface area contributed by atoms with Crippen LogP contribution in [0, 0.1) is 320 Å². The zero-order valence-corrected chi connectivity index (χ0v) is 70.1. The van der Waals surface area contributed by atoms with Crippen LogP contribution < -0.4 is 32.8 Å². The third kappa shape index (κ3) is 18.3. The number of rotatable bonds is 15. The first-order chi connectivity index (χ1) is 58.4. The van der Waals surface area contributed by atoms with Crippen LogP contribution in [0.4, 0.5) is 0 Å². The van der Waals surface area contributed by atoms with Crippen molar-refractivity contribution in [3.8, 4) is 273 Å². The molecule has 0 nitrogen and oxygen atoms in total. The molecule has 0 aliphatic heterocycles. The predicted octanol–water partition coefficient (Wildman–Crippen LogP) is -1.06. The van der Waals surface area contributed by atoms with Crippen molar-refractivity contribution in [2.45, 2.75) is 90.0 Å². The van der Waals surface area contributed by atoms with E-state index in [-0.39, 0.29) is 66.0 Å². The van der Waals surface area contributed by atoms with Gasteiger partial charge in [0.05, 0.1) is 66.5 Å². The van der Waals surface area contributed by atoms with Crippen molar-refractivity contribution in [2.24, 2.45) is 0 Å². The summed E-state index contributed by atoms with van der Waals surface area (Å²) in [4.78, 5) is 0. The fourth-order valence-corrected chi connectivity index (χ4v) is 16.3. The third-order valence-corrected chi connectivity index (χ3v) is 21.8. The first-order valence-corrected chi connectivity index (χ1v) is 37.8. The predicted molar refractivity (Wildman–Crippen MR) is 555 cm³/mol. The van der Waals surface area contributed by atoms with E-state index in [9.17, 15) is 0 Å². The highest BCUT2D eigenvalue weighted by molar-refractivity contribution is 7.89. The van der Waals surface area contributed by atoms with Gasteiger partial charge in [-0.2, -0.15) is 0 Å². The lowest BCUT2D eigenvalue weighted by Gasteiger charge is -2.42. The summed E-state index contributed by atoms with van der Waals surface area (Å²) in [6, 6.07) is 0. The molecule has 35 radical (unpaired) electrons. The van der Waals surface area contributed by atoms with Crippen molar-refractivity contribution in [3.63, 3.8) is 0 Å². The second-order valence-corrected chi connectivity index (χ2v) is 28.2. The van der Waals surface area contributed by atoms with Gasteiger partial charge in [-0.3, -0.25) is 0 Å². The Kier molecular flexibility index (Phi) is 33.4. The molecule has 0 bridgehead atoms. The van der Waals surface area contributed by atoms with Crippen LogP contribution in [-0.2, 0) is 0 Å². The molecular weight excluding hydrogens is 1430 g/mol. The van der Waals surface area contributed by atoms with Crippen LogP contribution in [0.5, 0.6) is 0 Å². The lowest BCUT2D eigenvalue weighted by Crippen LogP contribution is -2.80. The molecular formula is C93H44B29. The SMILES string of the molecule is [B][B]B([B])B(B([B])[B])c1c(B(B([B])[B])B([B])[B])c(B([B][B])B([B])[B])c(B([B])B([B])[B])c2c(C)c(-c3c(C)c(C)c(C)c4c(-c5c(C#CC#CC#CC#CC#C)c6c(C)c(C#C)c(C#CC)c(C#CC#C)c6c6c(C#CC#CC)c(C#CC#CC#C)c(C#CC#CC#CC)c(C#CC#CC#CC#C)c56)c5c(C)c(C)c(C)c(C)c5c(C)c34)c([B][B])c([B])c12. The molecule has 0 aliphatic carbocycles. The number of aryl methyl sites for hydroxylation is 6. The minimum absolute atomic E-state index is 0.0351. The van der Waals surface area contributed by atoms with Gasteiger partial charge in [0.15, 0.2) is 0 Å². The first kappa shape index (κ1) is 95.2. The second kappa shape index (κ2) is 42.8. The number of fused-ring (bicyclic) bond motifs is 6. The fraction of sp³-hybridized carbons (Fsp3) is 0.140. The third-order valence-electron chi connectivity index (χ3n) is 21.8. The fourth-order valence-electron chi connectivity index (χ4n) is 16.3. The van der Waals surface area contributed by atoms with E-state index in [1.165, 1.54) is 21.3 Å². The van der Waals surface area contributed by atoms with Crippen molar-refractivity contribution in [3.05, 3.63) is 100 Å². The maximum atomic E-state index is 8.13. The monoisotopic (exact) mass is 1480 g/mol. The summed E-state index contributed by atoms with van der Waals surface area (Å²) in [5.41, 5.74) is 13.0. The lowest BCUT2D eigenvalue weighted by atomic mass is 8.66. The molecule has 503 valence electrons. The van der Waals surface area contributed by atoms with Crippen molar-refractivity contribution in [2.75, 3.05) is 0 Å². The highest BCUT2D eigenvalue weighted by Gasteiger charge is 2.43. The van der Waals surface area contributed by atoms with Gasteiger partial charge < -0.3 is 0 Å². The van der Waals surface area contributed by atoms with Gasteiger partial charge in [0.2, 0.25) is 0 Å². The molecule has 0 saturated carbocycles. The van der Waals surface area contributed by atoms with E-state index in [1.54, 1.807) is 20.8 Å². The van der Waals surface area contributed by atoms with Crippen LogP contribution in [0.1, 0.15) is 121 Å². The van der Waals surface area contributed by atoms with Gasteiger partial charge in [0.25, 0.3) is 0 Å². The van der Waals surface area contributed by atoms with Crippen LogP contribution in [0.25, 0.3) is 76.1 Å². The largest absolute Gasteiger partial charge is 0.115 e. The summed E-state index contributed by atoms with van der Waals surface area (Å²) in [7, 11) is 117. The summed E-state index contributed by atoms with van der Waals surface area (Å²) < 4.78 is 0. The molecule has 0 saturated heterocycles. The van der Waals surface area contributed by atoms with Crippen LogP contribution in [0.2, 0.25) is 0 Å². The van der Waals surface area contributed by atoms with Crippen LogP contribution in [0.15, 0.2) is 0 Å². The maximum absolute atomic E-state index is 8.13. The quantitative estimate of drug-likeness (QED) is 0.0533. The summed E-state index contributed by atoms with van der Waals surface area (Å²) >= 11 is 0. The minimum Gasteiger partial charge on any atom is -0.115 e. The van der Waals surface area contributed by atoms with E-state index in [2.05, 4.69) is 261 Å². The van der Waals surface area contributed by atoms with Crippen molar-refractivity contribution in [1.29, 1.82) is 0 Å². The van der Waals surface area contributed by atoms with Crippen molar-refractivity contribution >= 4 is 296 Å². The summed E-state index contributed by atoms with van der Waals surface area (Å²) in [5.74, 6) is 108. The standard InChI is InChI=1S/C93H44B29/c1-19-27-33-37-39-40-43-48-55-73-75-63(16)66(26-8)67(49-25-7)70(50-32-24-6)82(75)83-71(53-44-31-23-5)68(51-45-36-30-22-4)69(52-46-41-35-29-21-3)72(54-47-42-38-34-28-20-2)84(83)85(73)86-76-60(13)57(10)56(9)59(12)74(76)64(17)79-77(61(14)58(11)62(15)78(79)86)80-65(18)81-87(88(94)89(80)110-95)91(116(121(107)108)122(109)112-97)93(115(119(103)104)120(105)106)92(114(111-96)118(101)102)90(81)113(98)117(99)100/h1-2,4,6,8H,3,5,7,9-18H3. The van der Waals surface area contributed by atoms with Gasteiger partial charge in [-0.05, 0) is 349 Å². The topological polar surface area (TPSA) is 0 Å². The zero-order valence-electron chi connectivity index (χ0n) is 70.1. The average Bonchev–Trinajstić information content (AvgIpc) is 0.677. The molecule has 0 unspecified atom stereocenters. The first-order valence-electron chi connectivity index (χ1n) is 37.8.